The van der Waals surface area contributed by atoms with E-state index in [1.54, 1.807) is 12.1 Å². The summed E-state index contributed by atoms with van der Waals surface area (Å²) in [6.45, 7) is 5.49. The summed E-state index contributed by atoms with van der Waals surface area (Å²) in [5.74, 6) is -3.80. The molecule has 0 unspecified atom stereocenters. The Kier molecular flexibility index (Phi) is 7.48. The van der Waals surface area contributed by atoms with Crippen molar-refractivity contribution < 1.29 is 24.2 Å². The molecule has 1 aromatic rings. The van der Waals surface area contributed by atoms with Crippen LogP contribution < -0.4 is 0 Å². The highest BCUT2D eigenvalue weighted by molar-refractivity contribution is 6.27. The molecule has 1 aliphatic heterocycles. The van der Waals surface area contributed by atoms with Gasteiger partial charge >= 0.3 is 11.9 Å². The third kappa shape index (κ3) is 7.14. The molecular weight excluding hydrogens is 291 g/mol. The van der Waals surface area contributed by atoms with Crippen molar-refractivity contribution in [2.45, 2.75) is 13.0 Å². The lowest BCUT2D eigenvalue weighted by Gasteiger charge is -2.19. The van der Waals surface area contributed by atoms with E-state index in [4.69, 9.17) is 19.8 Å². The predicted octanol–water partition coefficient (Wildman–Crippen LogP) is 1.12. The molecule has 2 N–H and O–H groups in total. The monoisotopic (exact) mass is 312 g/mol. The Morgan fingerprint density at radius 1 is 1.05 bits per heavy atom. The summed E-state index contributed by atoms with van der Waals surface area (Å²) in [5, 5.41) is 14.8. The molecule has 0 spiro atoms. The largest absolute Gasteiger partial charge is 0.473 e. The highest BCUT2D eigenvalue weighted by atomic mass is 19.1. The predicted molar refractivity (Wildman–Crippen MR) is 79.1 cm³/mol. The van der Waals surface area contributed by atoms with E-state index in [-0.39, 0.29) is 5.82 Å². The van der Waals surface area contributed by atoms with Gasteiger partial charge in [-0.15, -0.1) is 0 Å². The summed E-state index contributed by atoms with van der Waals surface area (Å²) in [6, 6.07) is 6.84. The summed E-state index contributed by atoms with van der Waals surface area (Å²) in [4.78, 5) is 23.0. The number of hydrogen-bond donors (Lipinski definition) is 2. The Morgan fingerprint density at radius 3 is 2.18 bits per heavy atom. The molecule has 0 aromatic heterocycles. The fourth-order valence-electron chi connectivity index (χ4n) is 2.11. The minimum Gasteiger partial charge on any atom is -0.473 e. The van der Waals surface area contributed by atoms with Crippen LogP contribution in [0.1, 0.15) is 12.0 Å². The Bertz CT molecular complexity index is 481. The SMILES string of the molecule is CN1CCCN(Cc2ccc(F)cc2)CC1.O=C(O)C(=O)O. The van der Waals surface area contributed by atoms with Gasteiger partial charge in [-0.2, -0.15) is 0 Å². The molecule has 1 fully saturated rings. The number of rotatable bonds is 2. The average Bonchev–Trinajstić information content (AvgIpc) is 2.67. The Balaban J connectivity index is 0.000000346. The minimum absolute atomic E-state index is 0.153. The van der Waals surface area contributed by atoms with E-state index in [0.29, 0.717) is 0 Å². The summed E-state index contributed by atoms with van der Waals surface area (Å²) in [5.41, 5.74) is 1.20. The van der Waals surface area contributed by atoms with E-state index in [1.165, 1.54) is 18.5 Å². The van der Waals surface area contributed by atoms with E-state index in [2.05, 4.69) is 16.8 Å². The lowest BCUT2D eigenvalue weighted by molar-refractivity contribution is -0.159. The number of aliphatic carboxylic acids is 2. The average molecular weight is 312 g/mol. The van der Waals surface area contributed by atoms with E-state index in [0.717, 1.165) is 26.2 Å². The van der Waals surface area contributed by atoms with Gasteiger partial charge in [0.25, 0.3) is 0 Å². The smallest absolute Gasteiger partial charge is 0.414 e. The lowest BCUT2D eigenvalue weighted by Crippen LogP contribution is -2.28. The zero-order chi connectivity index (χ0) is 16.5. The van der Waals surface area contributed by atoms with Crippen LogP contribution in [0.25, 0.3) is 0 Å². The maximum Gasteiger partial charge on any atom is 0.414 e. The van der Waals surface area contributed by atoms with Gasteiger partial charge in [-0.1, -0.05) is 12.1 Å². The molecule has 22 heavy (non-hydrogen) atoms. The second-order valence-electron chi connectivity index (χ2n) is 5.17. The summed E-state index contributed by atoms with van der Waals surface area (Å²) in [6.07, 6.45) is 1.22. The normalized spacial score (nSPS) is 16.3. The van der Waals surface area contributed by atoms with E-state index in [9.17, 15) is 4.39 Å². The standard InChI is InChI=1S/C13H19FN2.C2H2O4/c1-15-7-2-8-16(10-9-15)11-12-3-5-13(14)6-4-12;3-1(4)2(5)6/h3-6H,2,7-11H2,1H3;(H,3,4)(H,5,6). The van der Waals surface area contributed by atoms with Gasteiger partial charge in [0.1, 0.15) is 5.82 Å². The van der Waals surface area contributed by atoms with Gasteiger partial charge in [-0.05, 0) is 44.3 Å². The molecule has 0 radical (unpaired) electrons. The lowest BCUT2D eigenvalue weighted by atomic mass is 10.2. The van der Waals surface area contributed by atoms with Crippen molar-refractivity contribution in [1.29, 1.82) is 0 Å². The van der Waals surface area contributed by atoms with Crippen LogP contribution in [-0.2, 0) is 16.1 Å². The van der Waals surface area contributed by atoms with Crippen LogP contribution in [0, 0.1) is 5.82 Å². The number of halogens is 1. The Morgan fingerprint density at radius 2 is 1.64 bits per heavy atom. The number of carboxylic acids is 2. The second-order valence-corrected chi connectivity index (χ2v) is 5.17. The van der Waals surface area contributed by atoms with Crippen LogP contribution in [-0.4, -0.2) is 65.2 Å². The third-order valence-electron chi connectivity index (χ3n) is 3.31. The molecule has 7 heteroatoms. The summed E-state index contributed by atoms with van der Waals surface area (Å²) in [7, 11) is 2.17. The first-order valence-corrected chi connectivity index (χ1v) is 7.00. The van der Waals surface area contributed by atoms with Crippen molar-refractivity contribution in [2.75, 3.05) is 33.2 Å². The zero-order valence-corrected chi connectivity index (χ0v) is 12.5. The highest BCUT2D eigenvalue weighted by Gasteiger charge is 2.11. The number of nitrogens with zero attached hydrogens (tertiary/aromatic N) is 2. The van der Waals surface area contributed by atoms with Crippen LogP contribution in [0.5, 0.6) is 0 Å². The molecule has 1 aliphatic rings. The van der Waals surface area contributed by atoms with Crippen molar-refractivity contribution in [2.24, 2.45) is 0 Å². The molecule has 0 aliphatic carbocycles. The fourth-order valence-corrected chi connectivity index (χ4v) is 2.11. The molecule has 1 saturated heterocycles. The first-order chi connectivity index (χ1) is 10.4. The number of carbonyl (C=O) groups is 2. The van der Waals surface area contributed by atoms with Crippen molar-refractivity contribution in [3.8, 4) is 0 Å². The molecule has 1 heterocycles. The molecule has 0 saturated carbocycles. The second kappa shape index (κ2) is 9.11. The number of hydrogen-bond acceptors (Lipinski definition) is 4. The van der Waals surface area contributed by atoms with Gasteiger partial charge in [0.15, 0.2) is 0 Å². The molecule has 2 rings (SSSR count). The maximum atomic E-state index is 12.8. The van der Waals surface area contributed by atoms with Crippen molar-refractivity contribution in [3.63, 3.8) is 0 Å². The van der Waals surface area contributed by atoms with Gasteiger partial charge in [0.05, 0.1) is 0 Å². The minimum atomic E-state index is -1.82. The van der Waals surface area contributed by atoms with Gasteiger partial charge in [-0.25, -0.2) is 14.0 Å². The van der Waals surface area contributed by atoms with Gasteiger partial charge < -0.3 is 15.1 Å². The first-order valence-electron chi connectivity index (χ1n) is 7.00. The quantitative estimate of drug-likeness (QED) is 0.797. The van der Waals surface area contributed by atoms with Crippen LogP contribution in [0.15, 0.2) is 24.3 Å². The van der Waals surface area contributed by atoms with E-state index < -0.39 is 11.9 Å². The molecular formula is C15H21FN2O4. The van der Waals surface area contributed by atoms with Crippen LogP contribution in [0.3, 0.4) is 0 Å². The highest BCUT2D eigenvalue weighted by Crippen LogP contribution is 2.09. The fraction of sp³-hybridized carbons (Fsp3) is 0.467. The topological polar surface area (TPSA) is 81.1 Å². The third-order valence-corrected chi connectivity index (χ3v) is 3.31. The van der Waals surface area contributed by atoms with Gasteiger partial charge in [-0.3, -0.25) is 4.90 Å². The first kappa shape index (κ1) is 18.1. The molecule has 122 valence electrons. The van der Waals surface area contributed by atoms with Crippen LogP contribution >= 0.6 is 0 Å². The molecule has 6 nitrogen and oxygen atoms in total. The molecule has 0 bridgehead atoms. The van der Waals surface area contributed by atoms with Gasteiger partial charge in [0, 0.05) is 19.6 Å². The van der Waals surface area contributed by atoms with E-state index in [1.807, 2.05) is 12.1 Å². The Labute approximate surface area is 128 Å². The Hall–Kier alpha value is -1.99. The summed E-state index contributed by atoms with van der Waals surface area (Å²) >= 11 is 0. The number of likely N-dealkylation sites (N-methyl/N-ethyl adjacent to an activating group) is 1. The summed E-state index contributed by atoms with van der Waals surface area (Å²) < 4.78 is 12.8. The van der Waals surface area contributed by atoms with Crippen molar-refractivity contribution in [3.05, 3.63) is 35.6 Å². The van der Waals surface area contributed by atoms with Crippen molar-refractivity contribution in [1.82, 2.24) is 9.80 Å². The van der Waals surface area contributed by atoms with Crippen LogP contribution in [0.4, 0.5) is 4.39 Å². The maximum absolute atomic E-state index is 12.8. The number of carboxylic acid groups (broad SMARTS) is 2. The molecule has 0 amide bonds. The van der Waals surface area contributed by atoms with Crippen molar-refractivity contribution >= 4 is 11.9 Å². The van der Waals surface area contributed by atoms with Crippen LogP contribution in [0.2, 0.25) is 0 Å². The molecule has 0 atom stereocenters. The van der Waals surface area contributed by atoms with E-state index >= 15 is 0 Å². The molecule has 1 aromatic carbocycles. The zero-order valence-electron chi connectivity index (χ0n) is 12.5. The number of benzene rings is 1. The van der Waals surface area contributed by atoms with Gasteiger partial charge in [0.2, 0.25) is 0 Å².